The van der Waals surface area contributed by atoms with E-state index in [0.29, 0.717) is 5.02 Å². The molecule has 168 valence electrons. The summed E-state index contributed by atoms with van der Waals surface area (Å²) in [7, 11) is -3.85. The monoisotopic (exact) mass is 495 g/mol. The maximum Gasteiger partial charge on any atom is 0.326 e. The van der Waals surface area contributed by atoms with Gasteiger partial charge in [0.25, 0.3) is 11.8 Å². The van der Waals surface area contributed by atoms with E-state index in [2.05, 4.69) is 10.6 Å². The number of carbonyl (C=O) groups is 3. The van der Waals surface area contributed by atoms with Crippen molar-refractivity contribution in [3.8, 4) is 0 Å². The number of primary sulfonamides is 1. The van der Waals surface area contributed by atoms with Crippen molar-refractivity contribution in [2.45, 2.75) is 17.9 Å². The number of hydrogen-bond donors (Lipinski definition) is 3. The van der Waals surface area contributed by atoms with Crippen molar-refractivity contribution in [2.75, 3.05) is 11.9 Å². The maximum absolute atomic E-state index is 12.4. The minimum Gasteiger partial charge on any atom is -0.451 e. The third kappa shape index (κ3) is 5.62. The molecule has 0 aliphatic heterocycles. The van der Waals surface area contributed by atoms with Gasteiger partial charge < -0.3 is 15.4 Å². The van der Waals surface area contributed by atoms with E-state index in [4.69, 9.17) is 21.5 Å². The molecular formula is C20H18ClN3O6S2. The zero-order chi connectivity index (χ0) is 23.5. The van der Waals surface area contributed by atoms with Crippen LogP contribution in [0.4, 0.5) is 5.69 Å². The molecule has 0 fully saturated rings. The molecule has 0 aliphatic rings. The van der Waals surface area contributed by atoms with E-state index in [1.165, 1.54) is 42.5 Å². The topological polar surface area (TPSA) is 145 Å². The SMILES string of the molecule is C[C@H](OC(=O)CNC(=O)c1sc2ccccc2c1Cl)C(=O)Nc1ccc(S(N)(=O)=O)cc1. The number of nitrogens with one attached hydrogen (secondary N) is 2. The highest BCUT2D eigenvalue weighted by atomic mass is 35.5. The molecule has 1 aromatic heterocycles. The quantitative estimate of drug-likeness (QED) is 0.429. The number of ether oxygens (including phenoxy) is 1. The molecule has 1 heterocycles. The van der Waals surface area contributed by atoms with E-state index >= 15 is 0 Å². The van der Waals surface area contributed by atoms with Gasteiger partial charge in [-0.1, -0.05) is 29.8 Å². The number of halogens is 1. The fourth-order valence-electron chi connectivity index (χ4n) is 2.66. The first-order chi connectivity index (χ1) is 15.1. The Kier molecular flexibility index (Phi) is 7.14. The largest absolute Gasteiger partial charge is 0.451 e. The van der Waals surface area contributed by atoms with Crippen LogP contribution < -0.4 is 15.8 Å². The highest BCUT2D eigenvalue weighted by molar-refractivity contribution is 7.89. The molecule has 0 bridgehead atoms. The molecule has 3 aromatic rings. The lowest BCUT2D eigenvalue weighted by Gasteiger charge is -2.14. The number of carbonyl (C=O) groups excluding carboxylic acids is 3. The normalized spacial score (nSPS) is 12.2. The van der Waals surface area contributed by atoms with Gasteiger partial charge in [-0.15, -0.1) is 11.3 Å². The summed E-state index contributed by atoms with van der Waals surface area (Å²) >= 11 is 7.45. The van der Waals surface area contributed by atoms with Crippen molar-refractivity contribution in [3.63, 3.8) is 0 Å². The van der Waals surface area contributed by atoms with Gasteiger partial charge in [-0.3, -0.25) is 14.4 Å². The summed E-state index contributed by atoms with van der Waals surface area (Å²) < 4.78 is 28.4. The van der Waals surface area contributed by atoms with Crippen LogP contribution in [0.25, 0.3) is 10.1 Å². The van der Waals surface area contributed by atoms with Gasteiger partial charge in [0.1, 0.15) is 11.4 Å². The third-order valence-corrected chi connectivity index (χ3v) is 6.87. The molecule has 9 nitrogen and oxygen atoms in total. The van der Waals surface area contributed by atoms with Gasteiger partial charge in [-0.05, 0) is 37.3 Å². The van der Waals surface area contributed by atoms with Gasteiger partial charge >= 0.3 is 5.97 Å². The molecule has 0 radical (unpaired) electrons. The molecule has 2 amide bonds. The average molecular weight is 496 g/mol. The smallest absolute Gasteiger partial charge is 0.326 e. The highest BCUT2D eigenvalue weighted by Gasteiger charge is 2.21. The number of nitrogens with two attached hydrogens (primary N) is 1. The van der Waals surface area contributed by atoms with Crippen molar-refractivity contribution in [1.29, 1.82) is 0 Å². The van der Waals surface area contributed by atoms with Crippen LogP contribution in [0.3, 0.4) is 0 Å². The fraction of sp³-hybridized carbons (Fsp3) is 0.150. The van der Waals surface area contributed by atoms with Crippen LogP contribution in [0.5, 0.6) is 0 Å². The number of fused-ring (bicyclic) bond motifs is 1. The zero-order valence-corrected chi connectivity index (χ0v) is 19.0. The summed E-state index contributed by atoms with van der Waals surface area (Å²) in [5.74, 6) is -1.98. The molecule has 1 atom stereocenters. The summed E-state index contributed by atoms with van der Waals surface area (Å²) in [6.07, 6.45) is -1.16. The lowest BCUT2D eigenvalue weighted by atomic mass is 10.2. The summed E-state index contributed by atoms with van der Waals surface area (Å²) in [6.45, 7) is 0.903. The summed E-state index contributed by atoms with van der Waals surface area (Å²) in [5.41, 5.74) is 0.290. The number of rotatable bonds is 7. The number of amides is 2. The number of esters is 1. The van der Waals surface area contributed by atoms with E-state index in [9.17, 15) is 22.8 Å². The van der Waals surface area contributed by atoms with Crippen LogP contribution >= 0.6 is 22.9 Å². The molecule has 3 rings (SSSR count). The van der Waals surface area contributed by atoms with Crippen molar-refractivity contribution in [3.05, 3.63) is 58.4 Å². The van der Waals surface area contributed by atoms with Crippen molar-refractivity contribution in [2.24, 2.45) is 5.14 Å². The van der Waals surface area contributed by atoms with Crippen LogP contribution in [0.15, 0.2) is 53.4 Å². The Morgan fingerprint density at radius 3 is 2.41 bits per heavy atom. The first-order valence-electron chi connectivity index (χ1n) is 9.14. The Morgan fingerprint density at radius 2 is 1.78 bits per heavy atom. The molecule has 4 N–H and O–H groups in total. The second-order valence-corrected chi connectivity index (χ2v) is 9.61. The molecule has 12 heteroatoms. The van der Waals surface area contributed by atoms with E-state index in [1.54, 1.807) is 12.1 Å². The lowest BCUT2D eigenvalue weighted by molar-refractivity contribution is -0.152. The van der Waals surface area contributed by atoms with Gasteiger partial charge in [0.15, 0.2) is 6.10 Å². The van der Waals surface area contributed by atoms with Crippen LogP contribution in [0.2, 0.25) is 5.02 Å². The van der Waals surface area contributed by atoms with Crippen LogP contribution in [0, 0.1) is 0 Å². The van der Waals surface area contributed by atoms with Gasteiger partial charge in [0, 0.05) is 15.8 Å². The molecule has 0 aliphatic carbocycles. The number of benzene rings is 2. The van der Waals surface area contributed by atoms with Crippen molar-refractivity contribution < 1.29 is 27.5 Å². The van der Waals surface area contributed by atoms with Gasteiger partial charge in [-0.2, -0.15) is 0 Å². The highest BCUT2D eigenvalue weighted by Crippen LogP contribution is 2.34. The van der Waals surface area contributed by atoms with E-state index in [1.807, 2.05) is 12.1 Å². The van der Waals surface area contributed by atoms with Crippen molar-refractivity contribution in [1.82, 2.24) is 5.32 Å². The minimum atomic E-state index is -3.85. The molecular weight excluding hydrogens is 478 g/mol. The summed E-state index contributed by atoms with van der Waals surface area (Å²) in [5, 5.41) is 11.0. The summed E-state index contributed by atoms with van der Waals surface area (Å²) in [6, 6.07) is 12.4. The number of sulfonamides is 1. The lowest BCUT2D eigenvalue weighted by Crippen LogP contribution is -2.35. The Hall–Kier alpha value is -2.99. The predicted octanol–water partition coefficient (Wildman–Crippen LogP) is 2.50. The Bertz CT molecular complexity index is 1290. The zero-order valence-electron chi connectivity index (χ0n) is 16.6. The summed E-state index contributed by atoms with van der Waals surface area (Å²) in [4.78, 5) is 36.8. The van der Waals surface area contributed by atoms with Gasteiger partial charge in [-0.25, -0.2) is 13.6 Å². The first kappa shape index (κ1) is 23.7. The van der Waals surface area contributed by atoms with E-state index in [0.717, 1.165) is 10.1 Å². The van der Waals surface area contributed by atoms with E-state index in [-0.39, 0.29) is 15.5 Å². The Labute approximate surface area is 192 Å². The van der Waals surface area contributed by atoms with Crippen LogP contribution in [-0.4, -0.2) is 38.9 Å². The fourth-order valence-corrected chi connectivity index (χ4v) is 4.61. The molecule has 0 saturated heterocycles. The molecule has 32 heavy (non-hydrogen) atoms. The van der Waals surface area contributed by atoms with Crippen LogP contribution in [-0.2, 0) is 24.3 Å². The van der Waals surface area contributed by atoms with Crippen molar-refractivity contribution >= 4 is 66.5 Å². The Balaban J connectivity index is 1.52. The number of thiophene rings is 1. The second-order valence-electron chi connectivity index (χ2n) is 6.61. The number of anilines is 1. The second kappa shape index (κ2) is 9.65. The third-order valence-electron chi connectivity index (χ3n) is 4.26. The van der Waals surface area contributed by atoms with Gasteiger partial charge in [0.2, 0.25) is 10.0 Å². The van der Waals surface area contributed by atoms with Gasteiger partial charge in [0.05, 0.1) is 9.92 Å². The minimum absolute atomic E-state index is 0.107. The molecule has 0 saturated carbocycles. The Morgan fingerprint density at radius 1 is 1.12 bits per heavy atom. The standard InChI is InChI=1S/C20H18ClN3O6S2/c1-11(19(26)24-12-6-8-13(9-7-12)32(22,28)29)30-16(25)10-23-20(27)18-17(21)14-4-2-3-5-15(14)31-18/h2-9,11H,10H2,1H3,(H,23,27)(H,24,26)(H2,22,28,29)/t11-/m0/s1. The molecule has 0 unspecified atom stereocenters. The van der Waals surface area contributed by atoms with Crippen LogP contribution in [0.1, 0.15) is 16.6 Å². The maximum atomic E-state index is 12.4. The average Bonchev–Trinajstić information content (AvgIpc) is 3.08. The van der Waals surface area contributed by atoms with E-state index < -0.39 is 40.5 Å². The molecule has 0 spiro atoms. The first-order valence-corrected chi connectivity index (χ1v) is 11.9. The number of hydrogen-bond acceptors (Lipinski definition) is 7. The predicted molar refractivity (Wildman–Crippen MR) is 121 cm³/mol. The molecule has 2 aromatic carbocycles.